The van der Waals surface area contributed by atoms with Crippen molar-refractivity contribution < 1.29 is 0 Å². The summed E-state index contributed by atoms with van der Waals surface area (Å²) in [5.41, 5.74) is 0.853. The summed E-state index contributed by atoms with van der Waals surface area (Å²) in [5, 5.41) is 4.83. The molecule has 3 aromatic rings. The van der Waals surface area contributed by atoms with Crippen molar-refractivity contribution in [2.75, 3.05) is 11.9 Å². The number of fused-ring (bicyclic) bond motifs is 1. The molecule has 0 radical (unpaired) electrons. The third-order valence-corrected chi connectivity index (χ3v) is 3.96. The predicted molar refractivity (Wildman–Crippen MR) is 82.7 cm³/mol. The monoisotopic (exact) mass is 304 g/mol. The first-order valence-corrected chi connectivity index (χ1v) is 7.46. The van der Waals surface area contributed by atoms with Crippen LogP contribution < -0.4 is 5.32 Å². The molecule has 1 aromatic carbocycles. The minimum absolute atomic E-state index is 0.731. The van der Waals surface area contributed by atoms with Crippen molar-refractivity contribution >= 4 is 34.8 Å². The number of halogens is 1. The molecule has 0 fully saturated rings. The largest absolute Gasteiger partial charge is 0.369 e. The number of nitrogens with one attached hydrogen (secondary N) is 1. The second-order valence-corrected chi connectivity index (χ2v) is 5.67. The lowest BCUT2D eigenvalue weighted by molar-refractivity contribution is 1.01. The Hall–Kier alpha value is -1.72. The van der Waals surface area contributed by atoms with E-state index in [0.717, 1.165) is 33.0 Å². The molecular weight excluding hydrogens is 292 g/mol. The van der Waals surface area contributed by atoms with Crippen LogP contribution in [0.3, 0.4) is 0 Å². The number of imidazole rings is 1. The maximum atomic E-state index is 5.91. The maximum Gasteiger partial charge on any atom is 0.170 e. The van der Waals surface area contributed by atoms with Crippen LogP contribution in [0.2, 0.25) is 5.02 Å². The zero-order valence-electron chi connectivity index (χ0n) is 10.9. The van der Waals surface area contributed by atoms with Gasteiger partial charge < -0.3 is 9.72 Å². The number of anilines is 1. The smallest absolute Gasteiger partial charge is 0.170 e. The third kappa shape index (κ3) is 2.73. The van der Waals surface area contributed by atoms with E-state index in [2.05, 4.69) is 15.3 Å². The first-order valence-electron chi connectivity index (χ1n) is 6.27. The molecule has 0 aliphatic rings. The summed E-state index contributed by atoms with van der Waals surface area (Å²) >= 11 is 7.48. The van der Waals surface area contributed by atoms with Gasteiger partial charge >= 0.3 is 0 Å². The van der Waals surface area contributed by atoms with Gasteiger partial charge in [0.15, 0.2) is 5.65 Å². The summed E-state index contributed by atoms with van der Waals surface area (Å²) < 4.78 is 1.98. The molecule has 4 nitrogen and oxygen atoms in total. The van der Waals surface area contributed by atoms with Crippen LogP contribution in [-0.2, 0) is 0 Å². The normalized spacial score (nSPS) is 10.9. The van der Waals surface area contributed by atoms with E-state index in [1.54, 1.807) is 18.0 Å². The fourth-order valence-electron chi connectivity index (χ4n) is 1.85. The number of aromatic nitrogens is 3. The molecule has 3 rings (SSSR count). The molecule has 2 aromatic heterocycles. The van der Waals surface area contributed by atoms with E-state index in [1.807, 2.05) is 48.0 Å². The minimum atomic E-state index is 0.731. The highest BCUT2D eigenvalue weighted by molar-refractivity contribution is 7.99. The third-order valence-electron chi connectivity index (χ3n) is 2.73. The predicted octanol–water partition coefficient (Wildman–Crippen LogP) is 3.97. The first-order chi connectivity index (χ1) is 9.76. The molecule has 0 saturated heterocycles. The number of benzene rings is 1. The second-order valence-electron chi connectivity index (χ2n) is 4.18. The summed E-state index contributed by atoms with van der Waals surface area (Å²) in [5.74, 6) is 0.842. The number of rotatable bonds is 4. The highest BCUT2D eigenvalue weighted by Gasteiger charge is 2.09. The number of nitrogens with zero attached hydrogens (tertiary/aromatic N) is 3. The fraction of sp³-hybridized carbons (Fsp3) is 0.143. The van der Waals surface area contributed by atoms with Crippen molar-refractivity contribution in [3.63, 3.8) is 0 Å². The molecule has 0 saturated carbocycles. The fourth-order valence-corrected chi connectivity index (χ4v) is 2.87. The average molecular weight is 305 g/mol. The van der Waals surface area contributed by atoms with E-state index in [0.29, 0.717) is 0 Å². The Balaban J connectivity index is 2.00. The lowest BCUT2D eigenvalue weighted by Gasteiger charge is -2.08. The van der Waals surface area contributed by atoms with Crippen LogP contribution in [0.4, 0.5) is 5.82 Å². The molecule has 0 aliphatic heterocycles. The Morgan fingerprint density at radius 3 is 2.85 bits per heavy atom. The van der Waals surface area contributed by atoms with Crippen LogP contribution in [0, 0.1) is 0 Å². The van der Waals surface area contributed by atoms with Gasteiger partial charge in [-0.1, -0.05) is 23.4 Å². The van der Waals surface area contributed by atoms with Crippen LogP contribution in [0.25, 0.3) is 5.65 Å². The van der Waals surface area contributed by atoms with Gasteiger partial charge in [-0.3, -0.25) is 0 Å². The summed E-state index contributed by atoms with van der Waals surface area (Å²) in [6.45, 7) is 2.88. The molecule has 2 heterocycles. The quantitative estimate of drug-likeness (QED) is 0.792. The van der Waals surface area contributed by atoms with Gasteiger partial charge in [-0.2, -0.15) is 0 Å². The molecule has 0 bridgehead atoms. The molecule has 1 N–H and O–H groups in total. The van der Waals surface area contributed by atoms with Gasteiger partial charge in [-0.05, 0) is 31.2 Å². The lowest BCUT2D eigenvalue weighted by Crippen LogP contribution is -2.02. The molecule has 0 aliphatic carbocycles. The van der Waals surface area contributed by atoms with E-state index in [4.69, 9.17) is 11.6 Å². The zero-order chi connectivity index (χ0) is 13.9. The van der Waals surface area contributed by atoms with Gasteiger partial charge in [0, 0.05) is 28.9 Å². The Morgan fingerprint density at radius 2 is 2.10 bits per heavy atom. The van der Waals surface area contributed by atoms with Gasteiger partial charge in [0.1, 0.15) is 10.8 Å². The summed E-state index contributed by atoms with van der Waals surface area (Å²) in [6, 6.07) is 7.71. The maximum absolute atomic E-state index is 5.91. The summed E-state index contributed by atoms with van der Waals surface area (Å²) in [6.07, 6.45) is 5.64. The van der Waals surface area contributed by atoms with Crippen molar-refractivity contribution in [3.05, 3.63) is 47.9 Å². The Kier molecular flexibility index (Phi) is 3.80. The van der Waals surface area contributed by atoms with E-state index in [9.17, 15) is 0 Å². The van der Waals surface area contributed by atoms with Gasteiger partial charge in [0.2, 0.25) is 0 Å². The number of hydrogen-bond acceptors (Lipinski definition) is 4. The van der Waals surface area contributed by atoms with Crippen LogP contribution >= 0.6 is 23.4 Å². The first kappa shape index (κ1) is 13.3. The molecule has 6 heteroatoms. The van der Waals surface area contributed by atoms with E-state index in [1.165, 1.54) is 0 Å². The van der Waals surface area contributed by atoms with Crippen molar-refractivity contribution in [1.82, 2.24) is 14.4 Å². The Morgan fingerprint density at radius 1 is 1.30 bits per heavy atom. The minimum Gasteiger partial charge on any atom is -0.369 e. The number of hydrogen-bond donors (Lipinski definition) is 1. The SMILES string of the molecule is CCNc1cn2ccnc2c(Sc2ccc(Cl)cc2)n1. The van der Waals surface area contributed by atoms with Crippen molar-refractivity contribution in [1.29, 1.82) is 0 Å². The van der Waals surface area contributed by atoms with Gasteiger partial charge in [-0.25, -0.2) is 9.97 Å². The summed E-state index contributed by atoms with van der Waals surface area (Å²) in [7, 11) is 0. The molecule has 0 spiro atoms. The van der Waals surface area contributed by atoms with E-state index < -0.39 is 0 Å². The van der Waals surface area contributed by atoms with Crippen LogP contribution in [0.1, 0.15) is 6.92 Å². The molecular formula is C14H13ClN4S. The lowest BCUT2D eigenvalue weighted by atomic mass is 10.4. The molecule has 20 heavy (non-hydrogen) atoms. The highest BCUT2D eigenvalue weighted by Crippen LogP contribution is 2.30. The second kappa shape index (κ2) is 5.73. The van der Waals surface area contributed by atoms with Crippen LogP contribution in [0.15, 0.2) is 52.8 Å². The van der Waals surface area contributed by atoms with Crippen molar-refractivity contribution in [2.45, 2.75) is 16.8 Å². The topological polar surface area (TPSA) is 42.2 Å². The van der Waals surface area contributed by atoms with E-state index >= 15 is 0 Å². The van der Waals surface area contributed by atoms with Crippen LogP contribution in [-0.4, -0.2) is 20.9 Å². The molecule has 0 amide bonds. The van der Waals surface area contributed by atoms with Crippen molar-refractivity contribution in [3.8, 4) is 0 Å². The molecule has 0 atom stereocenters. The van der Waals surface area contributed by atoms with Crippen LogP contribution in [0.5, 0.6) is 0 Å². The van der Waals surface area contributed by atoms with Gasteiger partial charge in [0.05, 0.1) is 6.20 Å². The standard InChI is InChI=1S/C14H13ClN4S/c1-2-16-12-9-19-8-7-17-13(19)14(18-12)20-11-5-3-10(15)4-6-11/h3-9,16H,2H2,1H3. The summed E-state index contributed by atoms with van der Waals surface area (Å²) in [4.78, 5) is 10.1. The van der Waals surface area contributed by atoms with Gasteiger partial charge in [-0.15, -0.1) is 0 Å². The van der Waals surface area contributed by atoms with E-state index in [-0.39, 0.29) is 0 Å². The Bertz CT molecular complexity index is 724. The van der Waals surface area contributed by atoms with Gasteiger partial charge in [0.25, 0.3) is 0 Å². The zero-order valence-corrected chi connectivity index (χ0v) is 12.4. The molecule has 102 valence electrons. The average Bonchev–Trinajstić information content (AvgIpc) is 2.90. The van der Waals surface area contributed by atoms with Crippen molar-refractivity contribution in [2.24, 2.45) is 0 Å². The highest BCUT2D eigenvalue weighted by atomic mass is 35.5. The Labute approximate surface area is 126 Å². The molecule has 0 unspecified atom stereocenters.